The lowest BCUT2D eigenvalue weighted by Crippen LogP contribution is -2.48. The molecule has 0 radical (unpaired) electrons. The Bertz CT molecular complexity index is 814. The highest BCUT2D eigenvalue weighted by Gasteiger charge is 2.17. The van der Waals surface area contributed by atoms with Gasteiger partial charge in [0.1, 0.15) is 17.5 Å². The number of aromatic nitrogens is 2. The van der Waals surface area contributed by atoms with Crippen LogP contribution in [0.3, 0.4) is 0 Å². The maximum atomic E-state index is 13.1. The normalized spacial score (nSPS) is 13.1. The fourth-order valence-electron chi connectivity index (χ4n) is 3.39. The first-order chi connectivity index (χ1) is 14.4. The molecular weight excluding hydrogens is 556 g/mol. The smallest absolute Gasteiger partial charge is 0.191 e. The molecule has 2 heterocycles. The molecule has 3 rings (SSSR count). The standard InChI is InChI=1S/C21H32FN7S.3ClH.3H2O/c1-27(2)7-8-28-9-11-29(12-10-28)13-14-30-21-25-19(23)18(20(24)26-21)15-16-3-5-17(22)6-4-16;;;;;;/h3-6H,7-15H2,1-2H3,(H4,23,24,25,26);3*1H;3*1H2. The molecule has 0 saturated carbocycles. The summed E-state index contributed by atoms with van der Waals surface area (Å²) in [4.78, 5) is 16.1. The Labute approximate surface area is 235 Å². The second kappa shape index (κ2) is 20.8. The van der Waals surface area contributed by atoms with Crippen LogP contribution in [0.5, 0.6) is 0 Å². The third-order valence-corrected chi connectivity index (χ3v) is 6.14. The van der Waals surface area contributed by atoms with Gasteiger partial charge in [0.2, 0.25) is 0 Å². The number of thioether (sulfide) groups is 1. The lowest BCUT2D eigenvalue weighted by molar-refractivity contribution is 0.130. The zero-order valence-electron chi connectivity index (χ0n) is 20.6. The Morgan fingerprint density at radius 2 is 1.33 bits per heavy atom. The van der Waals surface area contributed by atoms with Crippen LogP contribution in [-0.4, -0.2) is 107 Å². The molecule has 15 heteroatoms. The van der Waals surface area contributed by atoms with Crippen molar-refractivity contribution in [1.82, 2.24) is 24.7 Å². The Kier molecular flexibility index (Phi) is 24.2. The Balaban J connectivity index is -0.000000853. The number of nitrogens with zero attached hydrogens (tertiary/aromatic N) is 5. The van der Waals surface area contributed by atoms with E-state index in [0.717, 1.165) is 57.1 Å². The average Bonchev–Trinajstić information content (AvgIpc) is 2.71. The summed E-state index contributed by atoms with van der Waals surface area (Å²) in [7, 11) is 4.23. The van der Waals surface area contributed by atoms with Crippen LogP contribution >= 0.6 is 49.0 Å². The van der Waals surface area contributed by atoms with E-state index in [-0.39, 0.29) is 59.5 Å². The van der Waals surface area contributed by atoms with Gasteiger partial charge in [-0.1, -0.05) is 23.9 Å². The van der Waals surface area contributed by atoms with Crippen molar-refractivity contribution in [3.8, 4) is 0 Å². The van der Waals surface area contributed by atoms with E-state index in [4.69, 9.17) is 11.5 Å². The molecule has 1 saturated heterocycles. The maximum absolute atomic E-state index is 13.1. The Morgan fingerprint density at radius 3 is 1.81 bits per heavy atom. The molecule has 1 aromatic carbocycles. The summed E-state index contributed by atoms with van der Waals surface area (Å²) in [5.74, 6) is 1.42. The van der Waals surface area contributed by atoms with Crippen LogP contribution in [0, 0.1) is 5.82 Å². The van der Waals surface area contributed by atoms with Crippen LogP contribution in [0.4, 0.5) is 16.0 Å². The second-order valence-corrected chi connectivity index (χ2v) is 8.96. The number of hydrogen-bond donors (Lipinski definition) is 2. The molecule has 1 aliphatic rings. The molecule has 2 aromatic rings. The summed E-state index contributed by atoms with van der Waals surface area (Å²) >= 11 is 1.58. The van der Waals surface area contributed by atoms with Crippen molar-refractivity contribution in [3.05, 3.63) is 41.2 Å². The van der Waals surface area contributed by atoms with E-state index in [1.54, 1.807) is 23.9 Å². The fraction of sp³-hybridized carbons (Fsp3) is 0.524. The van der Waals surface area contributed by atoms with E-state index in [0.29, 0.717) is 28.8 Å². The van der Waals surface area contributed by atoms with Gasteiger partial charge in [0, 0.05) is 63.6 Å². The molecule has 0 bridgehead atoms. The summed E-state index contributed by atoms with van der Waals surface area (Å²) in [5.41, 5.74) is 13.9. The van der Waals surface area contributed by atoms with Gasteiger partial charge in [-0.25, -0.2) is 14.4 Å². The van der Waals surface area contributed by atoms with Crippen LogP contribution in [0.25, 0.3) is 0 Å². The quantitative estimate of drug-likeness (QED) is 0.308. The number of halogens is 4. The van der Waals surface area contributed by atoms with E-state index in [2.05, 4.69) is 38.8 Å². The monoisotopic (exact) mass is 595 g/mol. The Hall–Kier alpha value is -1.19. The van der Waals surface area contributed by atoms with Crippen molar-refractivity contribution < 1.29 is 20.8 Å². The molecule has 1 fully saturated rings. The predicted molar refractivity (Wildman–Crippen MR) is 155 cm³/mol. The minimum atomic E-state index is -0.266. The average molecular weight is 597 g/mol. The van der Waals surface area contributed by atoms with Crippen molar-refractivity contribution >= 4 is 60.6 Å². The summed E-state index contributed by atoms with van der Waals surface area (Å²) in [6.07, 6.45) is 0.487. The van der Waals surface area contributed by atoms with Gasteiger partial charge in [-0.05, 0) is 31.8 Å². The van der Waals surface area contributed by atoms with E-state index in [1.165, 1.54) is 12.1 Å². The molecular formula is C21H41Cl3FN7O3S. The van der Waals surface area contributed by atoms with Crippen molar-refractivity contribution in [2.45, 2.75) is 11.6 Å². The van der Waals surface area contributed by atoms with Crippen molar-refractivity contribution in [3.63, 3.8) is 0 Å². The molecule has 0 spiro atoms. The van der Waals surface area contributed by atoms with Crippen LogP contribution in [0.2, 0.25) is 0 Å². The van der Waals surface area contributed by atoms with E-state index < -0.39 is 0 Å². The zero-order chi connectivity index (χ0) is 21.5. The summed E-state index contributed by atoms with van der Waals surface area (Å²) in [5, 5.41) is 0.609. The zero-order valence-corrected chi connectivity index (χ0v) is 23.8. The molecule has 10 N–H and O–H groups in total. The molecule has 0 unspecified atom stereocenters. The van der Waals surface area contributed by atoms with E-state index in [1.807, 2.05) is 0 Å². The predicted octanol–water partition coefficient (Wildman–Crippen LogP) is 0.434. The van der Waals surface area contributed by atoms with Gasteiger partial charge in [0.25, 0.3) is 0 Å². The van der Waals surface area contributed by atoms with Crippen LogP contribution < -0.4 is 11.5 Å². The fourth-order valence-corrected chi connectivity index (χ4v) is 4.25. The molecule has 0 aliphatic carbocycles. The number of piperazine rings is 1. The van der Waals surface area contributed by atoms with Crippen LogP contribution in [0.15, 0.2) is 29.4 Å². The molecule has 1 aliphatic heterocycles. The topological polar surface area (TPSA) is 182 Å². The number of likely N-dealkylation sites (N-methyl/N-ethyl adjacent to an activating group) is 1. The molecule has 0 atom stereocenters. The minimum Gasteiger partial charge on any atom is -0.412 e. The first-order valence-electron chi connectivity index (χ1n) is 10.3. The number of anilines is 2. The number of rotatable bonds is 9. The first-order valence-corrected chi connectivity index (χ1v) is 11.3. The molecule has 10 nitrogen and oxygen atoms in total. The Morgan fingerprint density at radius 1 is 0.861 bits per heavy atom. The molecule has 1 aromatic heterocycles. The maximum Gasteiger partial charge on any atom is 0.191 e. The largest absolute Gasteiger partial charge is 0.412 e. The molecule has 212 valence electrons. The first kappa shape index (κ1) is 41.9. The van der Waals surface area contributed by atoms with Crippen molar-refractivity contribution in [2.75, 3.05) is 77.1 Å². The van der Waals surface area contributed by atoms with Gasteiger partial charge >= 0.3 is 0 Å². The van der Waals surface area contributed by atoms with Gasteiger partial charge in [0.05, 0.1) is 0 Å². The lowest BCUT2D eigenvalue weighted by atomic mass is 10.1. The van der Waals surface area contributed by atoms with Gasteiger partial charge in [-0.2, -0.15) is 0 Å². The third-order valence-electron chi connectivity index (χ3n) is 5.31. The SMILES string of the molecule is CN(C)CCN1CCN(CCSc2nc(N)c(Cc3ccc(F)cc3)c(N)n2)CC1.Cl.Cl.Cl.O.O.O. The summed E-state index contributed by atoms with van der Waals surface area (Å²) in [6.45, 7) is 7.65. The highest BCUT2D eigenvalue weighted by molar-refractivity contribution is 7.99. The number of hydrogen-bond acceptors (Lipinski definition) is 8. The van der Waals surface area contributed by atoms with Crippen molar-refractivity contribution in [2.24, 2.45) is 0 Å². The van der Waals surface area contributed by atoms with Crippen LogP contribution in [-0.2, 0) is 6.42 Å². The van der Waals surface area contributed by atoms with Gasteiger partial charge in [-0.15, -0.1) is 37.2 Å². The van der Waals surface area contributed by atoms with Gasteiger partial charge < -0.3 is 32.8 Å². The van der Waals surface area contributed by atoms with Crippen molar-refractivity contribution in [1.29, 1.82) is 0 Å². The molecule has 36 heavy (non-hydrogen) atoms. The van der Waals surface area contributed by atoms with Gasteiger partial charge in [0.15, 0.2) is 5.16 Å². The number of nitrogen functional groups attached to an aromatic ring is 2. The lowest BCUT2D eigenvalue weighted by Gasteiger charge is -2.35. The minimum absolute atomic E-state index is 0. The third kappa shape index (κ3) is 13.4. The highest BCUT2D eigenvalue weighted by atomic mass is 35.5. The van der Waals surface area contributed by atoms with E-state index in [9.17, 15) is 4.39 Å². The van der Waals surface area contributed by atoms with E-state index >= 15 is 0 Å². The molecule has 0 amide bonds. The second-order valence-electron chi connectivity index (χ2n) is 7.89. The summed E-state index contributed by atoms with van der Waals surface area (Å²) in [6, 6.07) is 6.29. The number of nitrogens with two attached hydrogens (primary N) is 2. The number of benzene rings is 1. The van der Waals surface area contributed by atoms with Gasteiger partial charge in [-0.3, -0.25) is 9.80 Å². The van der Waals surface area contributed by atoms with Crippen LogP contribution in [0.1, 0.15) is 11.1 Å². The summed E-state index contributed by atoms with van der Waals surface area (Å²) < 4.78 is 13.1. The highest BCUT2D eigenvalue weighted by Crippen LogP contribution is 2.24.